The minimum Gasteiger partial charge on any atom is -0.477 e. The van der Waals surface area contributed by atoms with E-state index in [0.29, 0.717) is 0 Å². The predicted octanol–water partition coefficient (Wildman–Crippen LogP) is -1.08. The quantitative estimate of drug-likeness (QED) is 0.456. The fraction of sp³-hybridized carbons (Fsp3) is 0.333. The average molecular weight is 158 g/mol. The van der Waals surface area contributed by atoms with Crippen molar-refractivity contribution < 1.29 is 14.7 Å². The third-order valence-corrected chi connectivity index (χ3v) is 1.02. The van der Waals surface area contributed by atoms with E-state index in [1.165, 1.54) is 14.1 Å². The van der Waals surface area contributed by atoms with Crippen LogP contribution in [-0.2, 0) is 9.59 Å². The standard InChI is InChI=1S/C6H10N2O3/c1-7-4(6(10)11)3-5(9)8-2/h3,7H,1-2H3,(H,8,9)(H,10,11)/b4-3+. The molecule has 0 fully saturated rings. The normalized spacial score (nSPS) is 10.5. The Kier molecular flexibility index (Phi) is 3.72. The molecule has 0 atom stereocenters. The van der Waals surface area contributed by atoms with Crippen LogP contribution >= 0.6 is 0 Å². The average Bonchev–Trinajstić information content (AvgIpc) is 1.99. The number of carbonyl (C=O) groups excluding carboxylic acids is 1. The van der Waals surface area contributed by atoms with Crippen LogP contribution < -0.4 is 10.6 Å². The Morgan fingerprint density at radius 3 is 2.09 bits per heavy atom. The molecule has 0 bridgehead atoms. The number of carboxylic acid groups (broad SMARTS) is 1. The molecule has 0 saturated heterocycles. The highest BCUT2D eigenvalue weighted by molar-refractivity contribution is 5.97. The van der Waals surface area contributed by atoms with Crippen LogP contribution in [0.1, 0.15) is 0 Å². The van der Waals surface area contributed by atoms with Crippen molar-refractivity contribution in [1.29, 1.82) is 0 Å². The monoisotopic (exact) mass is 158 g/mol. The van der Waals surface area contributed by atoms with Crippen molar-refractivity contribution in [2.45, 2.75) is 0 Å². The highest BCUT2D eigenvalue weighted by atomic mass is 16.4. The van der Waals surface area contributed by atoms with Crippen LogP contribution in [0, 0.1) is 0 Å². The zero-order valence-corrected chi connectivity index (χ0v) is 6.34. The Balaban J connectivity index is 4.35. The van der Waals surface area contributed by atoms with Gasteiger partial charge in [0, 0.05) is 20.2 Å². The first kappa shape index (κ1) is 9.48. The van der Waals surface area contributed by atoms with E-state index in [9.17, 15) is 9.59 Å². The molecule has 0 spiro atoms. The molecule has 1 amide bonds. The molecule has 0 aromatic rings. The summed E-state index contributed by atoms with van der Waals surface area (Å²) in [6, 6.07) is 0. The molecule has 5 heteroatoms. The molecule has 0 aliphatic carbocycles. The molecule has 0 saturated carbocycles. The summed E-state index contributed by atoms with van der Waals surface area (Å²) in [7, 11) is 2.86. The molecule has 0 aromatic carbocycles. The molecule has 0 rings (SSSR count). The lowest BCUT2D eigenvalue weighted by atomic mass is 10.4. The fourth-order valence-electron chi connectivity index (χ4n) is 0.444. The number of aliphatic carboxylic acids is 1. The summed E-state index contributed by atoms with van der Waals surface area (Å²) in [4.78, 5) is 20.9. The van der Waals surface area contributed by atoms with Crippen LogP contribution in [0.25, 0.3) is 0 Å². The third kappa shape index (κ3) is 3.24. The minimum atomic E-state index is -1.16. The summed E-state index contributed by atoms with van der Waals surface area (Å²) in [5, 5.41) is 13.0. The second-order valence-corrected chi connectivity index (χ2v) is 1.73. The van der Waals surface area contributed by atoms with E-state index in [2.05, 4.69) is 10.6 Å². The van der Waals surface area contributed by atoms with Gasteiger partial charge in [0.25, 0.3) is 0 Å². The molecule has 0 unspecified atom stereocenters. The molecule has 5 nitrogen and oxygen atoms in total. The molecule has 3 N–H and O–H groups in total. The number of likely N-dealkylation sites (N-methyl/N-ethyl adjacent to an activating group) is 2. The maximum atomic E-state index is 10.6. The SMILES string of the molecule is CNC(=O)/C=C(/NC)C(=O)O. The van der Waals surface area contributed by atoms with E-state index in [0.717, 1.165) is 6.08 Å². The van der Waals surface area contributed by atoms with Crippen molar-refractivity contribution in [2.75, 3.05) is 14.1 Å². The molecule has 0 heterocycles. The zero-order chi connectivity index (χ0) is 8.85. The van der Waals surface area contributed by atoms with Gasteiger partial charge < -0.3 is 15.7 Å². The van der Waals surface area contributed by atoms with Gasteiger partial charge in [0.05, 0.1) is 0 Å². The summed E-state index contributed by atoms with van der Waals surface area (Å²) in [5.74, 6) is -1.60. The second-order valence-electron chi connectivity index (χ2n) is 1.73. The molecular weight excluding hydrogens is 148 g/mol. The summed E-state index contributed by atoms with van der Waals surface area (Å²) in [5.41, 5.74) is -0.135. The van der Waals surface area contributed by atoms with E-state index < -0.39 is 11.9 Å². The van der Waals surface area contributed by atoms with Gasteiger partial charge in [-0.05, 0) is 0 Å². The molecule has 62 valence electrons. The van der Waals surface area contributed by atoms with Gasteiger partial charge in [0.15, 0.2) is 0 Å². The first-order chi connectivity index (χ1) is 5.11. The first-order valence-electron chi connectivity index (χ1n) is 2.96. The number of carboxylic acids is 1. The number of hydrogen-bond donors (Lipinski definition) is 3. The Bertz CT molecular complexity index is 198. The maximum absolute atomic E-state index is 10.6. The molecule has 0 aromatic heterocycles. The van der Waals surface area contributed by atoms with Crippen molar-refractivity contribution in [1.82, 2.24) is 10.6 Å². The number of hydrogen-bond acceptors (Lipinski definition) is 3. The Morgan fingerprint density at radius 2 is 1.82 bits per heavy atom. The van der Waals surface area contributed by atoms with Crippen molar-refractivity contribution in [2.24, 2.45) is 0 Å². The summed E-state index contributed by atoms with van der Waals surface area (Å²) < 4.78 is 0. The van der Waals surface area contributed by atoms with Gasteiger partial charge in [-0.1, -0.05) is 0 Å². The van der Waals surface area contributed by atoms with E-state index in [4.69, 9.17) is 5.11 Å². The van der Waals surface area contributed by atoms with Crippen LogP contribution in [0.3, 0.4) is 0 Å². The summed E-state index contributed by atoms with van der Waals surface area (Å²) in [6.45, 7) is 0. The summed E-state index contributed by atoms with van der Waals surface area (Å²) in [6.07, 6.45) is 0.975. The number of nitrogens with one attached hydrogen (secondary N) is 2. The van der Waals surface area contributed by atoms with E-state index in [-0.39, 0.29) is 5.70 Å². The summed E-state index contributed by atoms with van der Waals surface area (Å²) >= 11 is 0. The van der Waals surface area contributed by atoms with E-state index in [1.807, 2.05) is 0 Å². The number of carbonyl (C=O) groups is 2. The van der Waals surface area contributed by atoms with Gasteiger partial charge in [-0.2, -0.15) is 0 Å². The van der Waals surface area contributed by atoms with Gasteiger partial charge in [-0.3, -0.25) is 4.79 Å². The van der Waals surface area contributed by atoms with Crippen LogP contribution in [0.4, 0.5) is 0 Å². The Labute approximate surface area is 64.1 Å². The van der Waals surface area contributed by atoms with Crippen LogP contribution in [0.5, 0.6) is 0 Å². The first-order valence-corrected chi connectivity index (χ1v) is 2.96. The molecule has 11 heavy (non-hydrogen) atoms. The van der Waals surface area contributed by atoms with Gasteiger partial charge >= 0.3 is 5.97 Å². The van der Waals surface area contributed by atoms with Crippen molar-refractivity contribution >= 4 is 11.9 Å². The van der Waals surface area contributed by atoms with Gasteiger partial charge in [0.1, 0.15) is 5.70 Å². The maximum Gasteiger partial charge on any atom is 0.352 e. The smallest absolute Gasteiger partial charge is 0.352 e. The Morgan fingerprint density at radius 1 is 1.27 bits per heavy atom. The van der Waals surface area contributed by atoms with E-state index in [1.54, 1.807) is 0 Å². The largest absolute Gasteiger partial charge is 0.477 e. The van der Waals surface area contributed by atoms with Crippen LogP contribution in [-0.4, -0.2) is 31.1 Å². The molecule has 0 radical (unpaired) electrons. The number of amides is 1. The Hall–Kier alpha value is -1.52. The van der Waals surface area contributed by atoms with Crippen molar-refractivity contribution in [3.63, 3.8) is 0 Å². The van der Waals surface area contributed by atoms with Crippen LogP contribution in [0.2, 0.25) is 0 Å². The topological polar surface area (TPSA) is 78.4 Å². The zero-order valence-electron chi connectivity index (χ0n) is 6.34. The van der Waals surface area contributed by atoms with Gasteiger partial charge in [-0.15, -0.1) is 0 Å². The third-order valence-electron chi connectivity index (χ3n) is 1.02. The highest BCUT2D eigenvalue weighted by Gasteiger charge is 2.05. The lowest BCUT2D eigenvalue weighted by molar-refractivity contribution is -0.133. The van der Waals surface area contributed by atoms with Crippen LogP contribution in [0.15, 0.2) is 11.8 Å². The van der Waals surface area contributed by atoms with E-state index >= 15 is 0 Å². The molecular formula is C6H10N2O3. The minimum absolute atomic E-state index is 0.135. The second kappa shape index (κ2) is 4.32. The van der Waals surface area contributed by atoms with Crippen molar-refractivity contribution in [3.8, 4) is 0 Å². The lowest BCUT2D eigenvalue weighted by Crippen LogP contribution is -2.21. The van der Waals surface area contributed by atoms with Crippen molar-refractivity contribution in [3.05, 3.63) is 11.8 Å². The predicted molar refractivity (Wildman–Crippen MR) is 38.8 cm³/mol. The number of rotatable bonds is 3. The molecule has 0 aliphatic rings. The fourth-order valence-corrected chi connectivity index (χ4v) is 0.444. The highest BCUT2D eigenvalue weighted by Crippen LogP contribution is 1.86. The molecule has 0 aliphatic heterocycles. The lowest BCUT2D eigenvalue weighted by Gasteiger charge is -1.98. The van der Waals surface area contributed by atoms with Gasteiger partial charge in [0.2, 0.25) is 5.91 Å². The van der Waals surface area contributed by atoms with Gasteiger partial charge in [-0.25, -0.2) is 4.79 Å².